The minimum Gasteiger partial charge on any atom is -0.484 e. The number of alkyl halides is 3. The van der Waals surface area contributed by atoms with Crippen molar-refractivity contribution in [2.24, 2.45) is 0 Å². The molecule has 1 amide bonds. The predicted molar refractivity (Wildman–Crippen MR) is 86.4 cm³/mol. The molecule has 0 atom stereocenters. The molecule has 0 aliphatic heterocycles. The van der Waals surface area contributed by atoms with Gasteiger partial charge in [0.1, 0.15) is 5.75 Å². The van der Waals surface area contributed by atoms with Crippen LogP contribution < -0.4 is 10.1 Å². The van der Waals surface area contributed by atoms with Gasteiger partial charge in [-0.25, -0.2) is 0 Å². The van der Waals surface area contributed by atoms with Gasteiger partial charge in [-0.2, -0.15) is 13.2 Å². The number of amides is 1. The summed E-state index contributed by atoms with van der Waals surface area (Å²) in [4.78, 5) is 11.9. The molecule has 2 rings (SSSR count). The molecule has 7 heteroatoms. The lowest BCUT2D eigenvalue weighted by atomic mass is 10.1. The van der Waals surface area contributed by atoms with Crippen LogP contribution in [0, 0.1) is 0 Å². The lowest BCUT2D eigenvalue weighted by Crippen LogP contribution is -2.22. The molecule has 0 aliphatic carbocycles. The largest absolute Gasteiger partial charge is 0.484 e. The number of aryl methyl sites for hydroxylation is 1. The third kappa shape index (κ3) is 4.89. The van der Waals surface area contributed by atoms with Crippen molar-refractivity contribution in [3.05, 3.63) is 58.6 Å². The third-order valence-electron chi connectivity index (χ3n) is 3.24. The van der Waals surface area contributed by atoms with E-state index in [4.69, 9.17) is 16.3 Å². The van der Waals surface area contributed by atoms with E-state index < -0.39 is 24.3 Å². The summed E-state index contributed by atoms with van der Waals surface area (Å²) in [6.45, 7) is 1.58. The molecule has 1 N–H and O–H groups in total. The van der Waals surface area contributed by atoms with E-state index in [0.717, 1.165) is 24.1 Å². The summed E-state index contributed by atoms with van der Waals surface area (Å²) in [5.41, 5.74) is -0.330. The summed E-state index contributed by atoms with van der Waals surface area (Å²) in [7, 11) is 0. The van der Waals surface area contributed by atoms with E-state index in [-0.39, 0.29) is 10.7 Å². The highest BCUT2D eigenvalue weighted by Crippen LogP contribution is 2.36. The van der Waals surface area contributed by atoms with Crippen LogP contribution in [0.25, 0.3) is 0 Å². The number of anilines is 1. The quantitative estimate of drug-likeness (QED) is 0.823. The van der Waals surface area contributed by atoms with Crippen LogP contribution in [0.1, 0.15) is 18.1 Å². The maximum absolute atomic E-state index is 13.0. The van der Waals surface area contributed by atoms with E-state index in [9.17, 15) is 18.0 Å². The summed E-state index contributed by atoms with van der Waals surface area (Å²) in [6, 6.07) is 10.3. The standard InChI is InChI=1S/C17H15ClF3NO2/c1-2-11-4-3-5-13(8-11)24-10-16(23)22-15-7-6-12(18)9-14(15)17(19,20)21/h3-9H,2,10H2,1H3,(H,22,23). The predicted octanol–water partition coefficient (Wildman–Crippen LogP) is 4.94. The molecule has 0 saturated heterocycles. The highest BCUT2D eigenvalue weighted by atomic mass is 35.5. The monoisotopic (exact) mass is 357 g/mol. The minimum atomic E-state index is -4.62. The zero-order valence-electron chi connectivity index (χ0n) is 12.8. The molecule has 0 saturated carbocycles. The van der Waals surface area contributed by atoms with Gasteiger partial charge in [0, 0.05) is 5.02 Å². The van der Waals surface area contributed by atoms with Crippen molar-refractivity contribution in [3.63, 3.8) is 0 Å². The van der Waals surface area contributed by atoms with Gasteiger partial charge in [0.15, 0.2) is 6.61 Å². The Labute approximate surface area is 142 Å². The maximum atomic E-state index is 13.0. The second-order valence-corrected chi connectivity index (χ2v) is 5.46. The first-order valence-electron chi connectivity index (χ1n) is 7.18. The topological polar surface area (TPSA) is 38.3 Å². The highest BCUT2D eigenvalue weighted by Gasteiger charge is 2.34. The fourth-order valence-electron chi connectivity index (χ4n) is 2.05. The van der Waals surface area contributed by atoms with Gasteiger partial charge in [-0.05, 0) is 42.3 Å². The Morgan fingerprint density at radius 1 is 1.21 bits per heavy atom. The average molecular weight is 358 g/mol. The Kier molecular flexibility index (Phi) is 5.72. The Morgan fingerprint density at radius 3 is 2.62 bits per heavy atom. The Bertz CT molecular complexity index is 732. The molecule has 0 aliphatic rings. The average Bonchev–Trinajstić information content (AvgIpc) is 2.54. The first kappa shape index (κ1) is 18.1. The normalized spacial score (nSPS) is 11.2. The van der Waals surface area contributed by atoms with Crippen LogP contribution in [0.4, 0.5) is 18.9 Å². The number of carbonyl (C=O) groups is 1. The zero-order chi connectivity index (χ0) is 17.7. The molecule has 2 aromatic rings. The second-order valence-electron chi connectivity index (χ2n) is 5.03. The van der Waals surface area contributed by atoms with Crippen molar-refractivity contribution in [2.45, 2.75) is 19.5 Å². The maximum Gasteiger partial charge on any atom is 0.418 e. The molecule has 3 nitrogen and oxygen atoms in total. The number of ether oxygens (including phenoxy) is 1. The smallest absolute Gasteiger partial charge is 0.418 e. The molecule has 0 radical (unpaired) electrons. The van der Waals surface area contributed by atoms with E-state index in [1.807, 2.05) is 13.0 Å². The van der Waals surface area contributed by atoms with Crippen molar-refractivity contribution >= 4 is 23.2 Å². The summed E-state index contributed by atoms with van der Waals surface area (Å²) < 4.78 is 44.2. The second kappa shape index (κ2) is 7.57. The van der Waals surface area contributed by atoms with E-state index in [0.29, 0.717) is 5.75 Å². The van der Waals surface area contributed by atoms with Crippen LogP contribution in [0.3, 0.4) is 0 Å². The fraction of sp³-hybridized carbons (Fsp3) is 0.235. The molecule has 0 unspecified atom stereocenters. The fourth-order valence-corrected chi connectivity index (χ4v) is 2.22. The lowest BCUT2D eigenvalue weighted by Gasteiger charge is -2.14. The molecule has 2 aromatic carbocycles. The van der Waals surface area contributed by atoms with Gasteiger partial charge in [0.2, 0.25) is 0 Å². The summed E-state index contributed by atoms with van der Waals surface area (Å²) in [6.07, 6.45) is -3.81. The van der Waals surface area contributed by atoms with E-state index in [1.54, 1.807) is 18.2 Å². The summed E-state index contributed by atoms with van der Waals surface area (Å²) in [5, 5.41) is 2.14. The van der Waals surface area contributed by atoms with E-state index in [2.05, 4.69) is 5.32 Å². The highest BCUT2D eigenvalue weighted by molar-refractivity contribution is 6.30. The van der Waals surface area contributed by atoms with Crippen molar-refractivity contribution in [1.29, 1.82) is 0 Å². The SMILES string of the molecule is CCc1cccc(OCC(=O)Nc2ccc(Cl)cc2C(F)(F)F)c1. The van der Waals surface area contributed by atoms with Gasteiger partial charge in [0.05, 0.1) is 11.3 Å². The molecular formula is C17H15ClF3NO2. The van der Waals surface area contributed by atoms with Crippen molar-refractivity contribution < 1.29 is 22.7 Å². The minimum absolute atomic E-state index is 0.0621. The number of halogens is 4. The van der Waals surface area contributed by atoms with Crippen molar-refractivity contribution in [2.75, 3.05) is 11.9 Å². The molecule has 0 bridgehead atoms. The Morgan fingerprint density at radius 2 is 1.96 bits per heavy atom. The van der Waals surface area contributed by atoms with Crippen LogP contribution in [0.5, 0.6) is 5.75 Å². The lowest BCUT2D eigenvalue weighted by molar-refractivity contribution is -0.137. The van der Waals surface area contributed by atoms with Crippen molar-refractivity contribution in [3.8, 4) is 5.75 Å². The molecular weight excluding hydrogens is 343 g/mol. The van der Waals surface area contributed by atoms with E-state index in [1.165, 1.54) is 6.07 Å². The van der Waals surface area contributed by atoms with Gasteiger partial charge >= 0.3 is 6.18 Å². The number of nitrogens with one attached hydrogen (secondary N) is 1. The van der Waals surface area contributed by atoms with Crippen LogP contribution in [-0.2, 0) is 17.4 Å². The Hall–Kier alpha value is -2.21. The summed E-state index contributed by atoms with van der Waals surface area (Å²) >= 11 is 5.59. The van der Waals surface area contributed by atoms with Gasteiger partial charge in [0.25, 0.3) is 5.91 Å². The van der Waals surface area contributed by atoms with Gasteiger partial charge in [-0.15, -0.1) is 0 Å². The van der Waals surface area contributed by atoms with Gasteiger partial charge in [-0.1, -0.05) is 30.7 Å². The first-order chi connectivity index (χ1) is 11.3. The van der Waals surface area contributed by atoms with E-state index >= 15 is 0 Å². The molecule has 128 valence electrons. The zero-order valence-corrected chi connectivity index (χ0v) is 13.5. The first-order valence-corrected chi connectivity index (χ1v) is 7.55. The van der Waals surface area contributed by atoms with Gasteiger partial charge in [-0.3, -0.25) is 4.79 Å². The molecule has 24 heavy (non-hydrogen) atoms. The molecule has 0 heterocycles. The third-order valence-corrected chi connectivity index (χ3v) is 3.47. The number of carbonyl (C=O) groups excluding carboxylic acids is 1. The van der Waals surface area contributed by atoms with Crippen molar-refractivity contribution in [1.82, 2.24) is 0 Å². The number of hydrogen-bond acceptors (Lipinski definition) is 2. The number of rotatable bonds is 5. The summed E-state index contributed by atoms with van der Waals surface area (Å²) in [5.74, 6) is -0.207. The molecule has 0 fully saturated rings. The van der Waals surface area contributed by atoms with Crippen LogP contribution in [0.2, 0.25) is 5.02 Å². The molecule has 0 aromatic heterocycles. The van der Waals surface area contributed by atoms with Crippen LogP contribution in [-0.4, -0.2) is 12.5 Å². The number of benzene rings is 2. The van der Waals surface area contributed by atoms with Gasteiger partial charge < -0.3 is 10.1 Å². The van der Waals surface area contributed by atoms with Crippen LogP contribution in [0.15, 0.2) is 42.5 Å². The molecule has 0 spiro atoms. The number of hydrogen-bond donors (Lipinski definition) is 1. The van der Waals surface area contributed by atoms with Crippen LogP contribution >= 0.6 is 11.6 Å². The Balaban J connectivity index is 2.05.